The van der Waals surface area contributed by atoms with Gasteiger partial charge in [-0.05, 0) is 56.3 Å². The Hall–Kier alpha value is 0.0900. The van der Waals surface area contributed by atoms with Crippen molar-refractivity contribution < 1.29 is 4.79 Å². The highest BCUT2D eigenvalue weighted by Crippen LogP contribution is 2.36. The van der Waals surface area contributed by atoms with Crippen LogP contribution < -0.4 is 11.5 Å². The number of nitrogens with two attached hydrogens (primary N) is 2. The van der Waals surface area contributed by atoms with Gasteiger partial charge in [-0.25, -0.2) is 0 Å². The van der Waals surface area contributed by atoms with Crippen molar-refractivity contribution in [2.75, 3.05) is 0 Å². The Morgan fingerprint density at radius 1 is 1.53 bits per heavy atom. The Labute approximate surface area is 109 Å². The van der Waals surface area contributed by atoms with Crippen LogP contribution in [0.1, 0.15) is 30.9 Å². The van der Waals surface area contributed by atoms with E-state index in [1.165, 1.54) is 0 Å². The van der Waals surface area contributed by atoms with Crippen LogP contribution in [0.25, 0.3) is 0 Å². The van der Waals surface area contributed by atoms with Crippen molar-refractivity contribution in [3.63, 3.8) is 0 Å². The van der Waals surface area contributed by atoms with Crippen LogP contribution in [-0.2, 0) is 4.79 Å². The van der Waals surface area contributed by atoms with Crippen molar-refractivity contribution in [1.82, 2.24) is 0 Å². The van der Waals surface area contributed by atoms with Gasteiger partial charge in [-0.2, -0.15) is 0 Å². The van der Waals surface area contributed by atoms with Gasteiger partial charge in [0.05, 0.1) is 7.57 Å². The van der Waals surface area contributed by atoms with Gasteiger partial charge in [-0.3, -0.25) is 4.79 Å². The Balaban J connectivity index is 2.50. The lowest BCUT2D eigenvalue weighted by molar-refractivity contribution is -0.118. The highest BCUT2D eigenvalue weighted by atomic mass is 79.9. The normalized spacial score (nSPS) is 12.7. The molecule has 6 heteroatoms. The third-order valence-electron chi connectivity index (χ3n) is 2.02. The molecule has 1 unspecified atom stereocenters. The highest BCUT2D eigenvalue weighted by molar-refractivity contribution is 9.12. The summed E-state index contributed by atoms with van der Waals surface area (Å²) < 4.78 is 2.09. The van der Waals surface area contributed by atoms with Gasteiger partial charge in [0, 0.05) is 12.5 Å². The number of carbonyl (C=O) groups excluding carboxylic acids is 1. The molecule has 0 aliphatic heterocycles. The minimum atomic E-state index is -0.271. The summed E-state index contributed by atoms with van der Waals surface area (Å²) in [6.45, 7) is 0. The summed E-state index contributed by atoms with van der Waals surface area (Å²) in [7, 11) is 0. The van der Waals surface area contributed by atoms with Crippen molar-refractivity contribution >= 4 is 49.1 Å². The average Bonchev–Trinajstić information content (AvgIpc) is 2.44. The lowest BCUT2D eigenvalue weighted by Gasteiger charge is -2.09. The molecule has 0 spiro atoms. The van der Waals surface area contributed by atoms with Crippen molar-refractivity contribution in [2.24, 2.45) is 11.5 Å². The van der Waals surface area contributed by atoms with E-state index >= 15 is 0 Å². The van der Waals surface area contributed by atoms with Gasteiger partial charge in [0.2, 0.25) is 5.91 Å². The monoisotopic (exact) mass is 354 g/mol. The van der Waals surface area contributed by atoms with E-state index in [4.69, 9.17) is 11.5 Å². The molecule has 3 nitrogen and oxygen atoms in total. The fourth-order valence-electron chi connectivity index (χ4n) is 1.26. The number of hydrogen-bond donors (Lipinski definition) is 2. The van der Waals surface area contributed by atoms with E-state index in [0.29, 0.717) is 6.42 Å². The Morgan fingerprint density at radius 3 is 2.67 bits per heavy atom. The van der Waals surface area contributed by atoms with Gasteiger partial charge in [0.25, 0.3) is 0 Å². The maximum absolute atomic E-state index is 10.6. The predicted molar refractivity (Wildman–Crippen MR) is 69.7 cm³/mol. The second kappa shape index (κ2) is 5.98. The standard InChI is InChI=1S/C9H12Br2N2OS/c10-7-4-5(9(11)15-7)6(12)2-1-3-8(13)14/h4,6H,1-3,12H2,(H2,13,14). The molecule has 1 atom stereocenters. The Morgan fingerprint density at radius 2 is 2.20 bits per heavy atom. The van der Waals surface area contributed by atoms with Gasteiger partial charge in [-0.15, -0.1) is 11.3 Å². The van der Waals surface area contributed by atoms with E-state index in [0.717, 1.165) is 26.0 Å². The zero-order valence-electron chi connectivity index (χ0n) is 8.00. The van der Waals surface area contributed by atoms with Crippen LogP contribution in [0, 0.1) is 0 Å². The average molecular weight is 356 g/mol. The highest BCUT2D eigenvalue weighted by Gasteiger charge is 2.13. The van der Waals surface area contributed by atoms with Gasteiger partial charge >= 0.3 is 0 Å². The topological polar surface area (TPSA) is 69.1 Å². The van der Waals surface area contributed by atoms with Crippen LogP contribution in [0.5, 0.6) is 0 Å². The van der Waals surface area contributed by atoms with Crippen molar-refractivity contribution in [2.45, 2.75) is 25.3 Å². The molecule has 1 aromatic rings. The molecule has 0 saturated carbocycles. The molecule has 0 saturated heterocycles. The third-order valence-corrected chi connectivity index (χ3v) is 4.41. The fourth-order valence-corrected chi connectivity index (χ4v) is 4.26. The smallest absolute Gasteiger partial charge is 0.217 e. The molecule has 4 N–H and O–H groups in total. The summed E-state index contributed by atoms with van der Waals surface area (Å²) in [6.07, 6.45) is 1.90. The molecular formula is C9H12Br2N2OS. The molecule has 0 radical (unpaired) electrons. The first-order valence-electron chi connectivity index (χ1n) is 4.49. The number of rotatable bonds is 5. The summed E-state index contributed by atoms with van der Waals surface area (Å²) in [5, 5.41) is 0. The van der Waals surface area contributed by atoms with E-state index < -0.39 is 0 Å². The first kappa shape index (κ1) is 13.2. The maximum atomic E-state index is 10.6. The number of halogens is 2. The molecule has 15 heavy (non-hydrogen) atoms. The van der Waals surface area contributed by atoms with Crippen LogP contribution in [0.4, 0.5) is 0 Å². The quantitative estimate of drug-likeness (QED) is 0.852. The molecular weight excluding hydrogens is 344 g/mol. The SMILES string of the molecule is NC(=O)CCCC(N)c1cc(Br)sc1Br. The molecule has 1 amide bonds. The molecule has 0 aromatic carbocycles. The summed E-state index contributed by atoms with van der Waals surface area (Å²) in [5.74, 6) is -0.271. The van der Waals surface area contributed by atoms with E-state index in [2.05, 4.69) is 31.9 Å². The molecule has 1 rings (SSSR count). The van der Waals surface area contributed by atoms with Gasteiger partial charge in [0.1, 0.15) is 0 Å². The minimum absolute atomic E-state index is 0.0405. The number of amides is 1. The van der Waals surface area contributed by atoms with Gasteiger partial charge in [-0.1, -0.05) is 0 Å². The lowest BCUT2D eigenvalue weighted by Crippen LogP contribution is -2.13. The summed E-state index contributed by atoms with van der Waals surface area (Å²) >= 11 is 8.46. The molecule has 0 fully saturated rings. The summed E-state index contributed by atoms with van der Waals surface area (Å²) in [6, 6.07) is 1.96. The zero-order chi connectivity index (χ0) is 11.4. The second-order valence-electron chi connectivity index (χ2n) is 3.24. The van der Waals surface area contributed by atoms with E-state index in [1.807, 2.05) is 6.07 Å². The first-order valence-corrected chi connectivity index (χ1v) is 6.89. The zero-order valence-corrected chi connectivity index (χ0v) is 12.0. The third kappa shape index (κ3) is 4.22. The molecule has 0 bridgehead atoms. The Bertz CT molecular complexity index is 354. The van der Waals surface area contributed by atoms with Crippen LogP contribution >= 0.6 is 43.2 Å². The van der Waals surface area contributed by atoms with Gasteiger partial charge in [0.15, 0.2) is 0 Å². The van der Waals surface area contributed by atoms with E-state index in [9.17, 15) is 4.79 Å². The fraction of sp³-hybridized carbons (Fsp3) is 0.444. The van der Waals surface area contributed by atoms with Crippen LogP contribution in [0.3, 0.4) is 0 Å². The van der Waals surface area contributed by atoms with Crippen LogP contribution in [-0.4, -0.2) is 5.91 Å². The molecule has 0 aliphatic rings. The van der Waals surface area contributed by atoms with Gasteiger partial charge < -0.3 is 11.5 Å². The van der Waals surface area contributed by atoms with Crippen molar-refractivity contribution in [3.8, 4) is 0 Å². The van der Waals surface area contributed by atoms with E-state index in [1.54, 1.807) is 11.3 Å². The lowest BCUT2D eigenvalue weighted by atomic mass is 10.1. The molecule has 1 heterocycles. The maximum Gasteiger partial charge on any atom is 0.217 e. The van der Waals surface area contributed by atoms with Crippen molar-refractivity contribution in [3.05, 3.63) is 19.2 Å². The first-order chi connectivity index (χ1) is 7.00. The van der Waals surface area contributed by atoms with E-state index in [-0.39, 0.29) is 11.9 Å². The summed E-state index contributed by atoms with van der Waals surface area (Å²) in [4.78, 5) is 10.6. The largest absolute Gasteiger partial charge is 0.370 e. The Kier molecular flexibility index (Phi) is 5.25. The number of hydrogen-bond acceptors (Lipinski definition) is 3. The summed E-state index contributed by atoms with van der Waals surface area (Å²) in [5.41, 5.74) is 12.1. The van der Waals surface area contributed by atoms with Crippen LogP contribution in [0.15, 0.2) is 13.6 Å². The molecule has 84 valence electrons. The molecule has 1 aromatic heterocycles. The van der Waals surface area contributed by atoms with Crippen LogP contribution in [0.2, 0.25) is 0 Å². The molecule has 0 aliphatic carbocycles. The number of carbonyl (C=O) groups is 1. The second-order valence-corrected chi connectivity index (χ2v) is 6.99. The number of primary amides is 1. The van der Waals surface area contributed by atoms with Crippen molar-refractivity contribution in [1.29, 1.82) is 0 Å². The predicted octanol–water partition coefficient (Wildman–Crippen LogP) is 2.93. The number of thiophene rings is 1. The minimum Gasteiger partial charge on any atom is -0.370 e.